The van der Waals surface area contributed by atoms with Crippen LogP contribution in [0.1, 0.15) is 39.5 Å². The van der Waals surface area contributed by atoms with Crippen molar-refractivity contribution in [2.75, 3.05) is 79.3 Å². The molecule has 0 bridgehead atoms. The summed E-state index contributed by atoms with van der Waals surface area (Å²) in [5, 5.41) is 0. The van der Waals surface area contributed by atoms with Gasteiger partial charge in [0.1, 0.15) is 0 Å². The molecule has 2 aliphatic rings. The zero-order valence-corrected chi connectivity index (χ0v) is 16.8. The third-order valence-corrected chi connectivity index (χ3v) is 5.13. The second kappa shape index (κ2) is 12.3. The van der Waals surface area contributed by atoms with E-state index in [1.165, 1.54) is 25.7 Å². The summed E-state index contributed by atoms with van der Waals surface area (Å²) >= 11 is 0. The first-order chi connectivity index (χ1) is 12.7. The topological polar surface area (TPSA) is 55.4 Å². The second-order valence-electron chi connectivity index (χ2n) is 7.82. The van der Waals surface area contributed by atoms with Crippen LogP contribution in [0.25, 0.3) is 0 Å². The fraction of sp³-hybridized carbons (Fsp3) is 1.00. The van der Waals surface area contributed by atoms with Gasteiger partial charge in [0.25, 0.3) is 0 Å². The quantitative estimate of drug-likeness (QED) is 0.365. The van der Waals surface area contributed by atoms with Crippen molar-refractivity contribution < 1.29 is 28.4 Å². The molecular weight excluding hydrogens is 336 g/mol. The molecule has 2 heterocycles. The Hall–Kier alpha value is -0.240. The van der Waals surface area contributed by atoms with Crippen molar-refractivity contribution in [3.05, 3.63) is 0 Å². The van der Waals surface area contributed by atoms with Crippen LogP contribution in [-0.4, -0.2) is 79.3 Å². The lowest BCUT2D eigenvalue weighted by molar-refractivity contribution is -0.156. The zero-order chi connectivity index (χ0) is 18.6. The Morgan fingerprint density at radius 1 is 0.577 bits per heavy atom. The van der Waals surface area contributed by atoms with Crippen LogP contribution in [0.5, 0.6) is 0 Å². The molecule has 154 valence electrons. The summed E-state index contributed by atoms with van der Waals surface area (Å²) in [7, 11) is 0. The van der Waals surface area contributed by atoms with Gasteiger partial charge in [-0.25, -0.2) is 0 Å². The van der Waals surface area contributed by atoms with Gasteiger partial charge in [-0.1, -0.05) is 26.7 Å². The van der Waals surface area contributed by atoms with Crippen LogP contribution in [0, 0.1) is 10.8 Å². The highest BCUT2D eigenvalue weighted by atomic mass is 16.6. The molecule has 2 aliphatic heterocycles. The van der Waals surface area contributed by atoms with Crippen LogP contribution >= 0.6 is 0 Å². The van der Waals surface area contributed by atoms with E-state index < -0.39 is 0 Å². The molecule has 2 saturated heterocycles. The van der Waals surface area contributed by atoms with E-state index in [-0.39, 0.29) is 10.8 Å². The van der Waals surface area contributed by atoms with Gasteiger partial charge in [0.05, 0.1) is 79.3 Å². The van der Waals surface area contributed by atoms with Crippen LogP contribution in [-0.2, 0) is 28.4 Å². The predicted octanol–water partition coefficient (Wildman–Crippen LogP) is 2.69. The Kier molecular flexibility index (Phi) is 10.4. The summed E-state index contributed by atoms with van der Waals surface area (Å²) in [5.41, 5.74) is 0.526. The van der Waals surface area contributed by atoms with E-state index in [0.29, 0.717) is 39.6 Å². The fourth-order valence-corrected chi connectivity index (χ4v) is 3.58. The Morgan fingerprint density at radius 2 is 0.923 bits per heavy atom. The van der Waals surface area contributed by atoms with Crippen LogP contribution in [0.3, 0.4) is 0 Å². The summed E-state index contributed by atoms with van der Waals surface area (Å²) in [6, 6.07) is 0. The largest absolute Gasteiger partial charge is 0.380 e. The third kappa shape index (κ3) is 7.41. The van der Waals surface area contributed by atoms with Crippen molar-refractivity contribution in [1.82, 2.24) is 0 Å². The van der Waals surface area contributed by atoms with Crippen LogP contribution in [0.2, 0.25) is 0 Å². The van der Waals surface area contributed by atoms with Crippen molar-refractivity contribution in [3.63, 3.8) is 0 Å². The number of hydrogen-bond acceptors (Lipinski definition) is 6. The van der Waals surface area contributed by atoms with Gasteiger partial charge in [0, 0.05) is 10.8 Å². The Labute approximate surface area is 158 Å². The molecule has 0 aliphatic carbocycles. The van der Waals surface area contributed by atoms with Crippen LogP contribution in [0.4, 0.5) is 0 Å². The molecule has 26 heavy (non-hydrogen) atoms. The SMILES string of the molecule is CCCC1(COCCOCCOCCOCC2(CCC)COC2)COC1. The maximum atomic E-state index is 5.74. The molecule has 0 amide bonds. The molecule has 0 radical (unpaired) electrons. The van der Waals surface area contributed by atoms with E-state index in [0.717, 1.165) is 39.6 Å². The smallest absolute Gasteiger partial charge is 0.0701 e. The molecule has 2 fully saturated rings. The van der Waals surface area contributed by atoms with Gasteiger partial charge in [-0.05, 0) is 12.8 Å². The van der Waals surface area contributed by atoms with Gasteiger partial charge in [0.15, 0.2) is 0 Å². The Morgan fingerprint density at radius 3 is 1.19 bits per heavy atom. The average Bonchev–Trinajstić information content (AvgIpc) is 2.57. The zero-order valence-electron chi connectivity index (χ0n) is 16.8. The molecule has 0 aromatic heterocycles. The van der Waals surface area contributed by atoms with E-state index >= 15 is 0 Å². The number of ether oxygens (including phenoxy) is 6. The van der Waals surface area contributed by atoms with Gasteiger partial charge < -0.3 is 28.4 Å². The summed E-state index contributed by atoms with van der Waals surface area (Å²) < 4.78 is 33.2. The first kappa shape index (κ1) is 22.1. The summed E-state index contributed by atoms with van der Waals surface area (Å²) in [4.78, 5) is 0. The first-order valence-electron chi connectivity index (χ1n) is 10.2. The highest BCUT2D eigenvalue weighted by molar-refractivity contribution is 4.85. The van der Waals surface area contributed by atoms with Gasteiger partial charge in [-0.3, -0.25) is 0 Å². The van der Waals surface area contributed by atoms with E-state index in [1.807, 2.05) is 0 Å². The highest BCUT2D eigenvalue weighted by Crippen LogP contribution is 2.33. The minimum absolute atomic E-state index is 0.263. The summed E-state index contributed by atoms with van der Waals surface area (Å²) in [6.07, 6.45) is 4.71. The second-order valence-corrected chi connectivity index (χ2v) is 7.82. The Balaban J connectivity index is 1.32. The molecule has 2 rings (SSSR count). The van der Waals surface area contributed by atoms with Crippen LogP contribution < -0.4 is 0 Å². The maximum absolute atomic E-state index is 5.74. The molecule has 0 atom stereocenters. The number of hydrogen-bond donors (Lipinski definition) is 0. The van der Waals surface area contributed by atoms with Gasteiger partial charge >= 0.3 is 0 Å². The number of rotatable bonds is 17. The molecule has 0 unspecified atom stereocenters. The van der Waals surface area contributed by atoms with Crippen molar-refractivity contribution in [2.24, 2.45) is 10.8 Å². The highest BCUT2D eigenvalue weighted by Gasteiger charge is 2.38. The normalized spacial score (nSPS) is 20.5. The van der Waals surface area contributed by atoms with Gasteiger partial charge in [-0.2, -0.15) is 0 Å². The van der Waals surface area contributed by atoms with E-state index in [1.54, 1.807) is 0 Å². The van der Waals surface area contributed by atoms with Crippen molar-refractivity contribution in [3.8, 4) is 0 Å². The van der Waals surface area contributed by atoms with Crippen molar-refractivity contribution in [1.29, 1.82) is 0 Å². The summed E-state index contributed by atoms with van der Waals surface area (Å²) in [6.45, 7) is 13.0. The van der Waals surface area contributed by atoms with Gasteiger partial charge in [0.2, 0.25) is 0 Å². The van der Waals surface area contributed by atoms with Crippen molar-refractivity contribution in [2.45, 2.75) is 39.5 Å². The molecule has 6 heteroatoms. The molecule has 0 aromatic rings. The molecule has 6 nitrogen and oxygen atoms in total. The summed E-state index contributed by atoms with van der Waals surface area (Å²) in [5.74, 6) is 0. The van der Waals surface area contributed by atoms with E-state index in [9.17, 15) is 0 Å². The molecule has 0 N–H and O–H groups in total. The minimum Gasteiger partial charge on any atom is -0.380 e. The fourth-order valence-electron chi connectivity index (χ4n) is 3.58. The van der Waals surface area contributed by atoms with E-state index in [2.05, 4.69) is 13.8 Å². The lowest BCUT2D eigenvalue weighted by atomic mass is 9.82. The molecule has 0 saturated carbocycles. The van der Waals surface area contributed by atoms with Crippen molar-refractivity contribution >= 4 is 0 Å². The van der Waals surface area contributed by atoms with E-state index in [4.69, 9.17) is 28.4 Å². The standard InChI is InChI=1S/C20H38O6/c1-3-5-19(15-25-16-19)13-23-11-9-21-7-8-22-10-12-24-14-20(6-4-2)17-26-18-20/h3-18H2,1-2H3. The van der Waals surface area contributed by atoms with Gasteiger partial charge in [-0.15, -0.1) is 0 Å². The molecule has 0 spiro atoms. The molecular formula is C20H38O6. The first-order valence-corrected chi connectivity index (χ1v) is 10.2. The Bertz CT molecular complexity index is 320. The lowest BCUT2D eigenvalue weighted by Gasteiger charge is -2.41. The lowest BCUT2D eigenvalue weighted by Crippen LogP contribution is -2.46. The molecule has 0 aromatic carbocycles. The van der Waals surface area contributed by atoms with Crippen LogP contribution in [0.15, 0.2) is 0 Å². The maximum Gasteiger partial charge on any atom is 0.0701 e. The monoisotopic (exact) mass is 374 g/mol. The average molecular weight is 375 g/mol. The third-order valence-electron chi connectivity index (χ3n) is 5.13. The minimum atomic E-state index is 0.263. The predicted molar refractivity (Wildman–Crippen MR) is 99.6 cm³/mol.